The van der Waals surface area contributed by atoms with Crippen LogP contribution in [0.4, 0.5) is 0 Å². The number of ether oxygens (including phenoxy) is 2. The van der Waals surface area contributed by atoms with Crippen LogP contribution in [0.25, 0.3) is 0 Å². The summed E-state index contributed by atoms with van der Waals surface area (Å²) < 4.78 is 10.7. The Morgan fingerprint density at radius 1 is 1.25 bits per heavy atom. The van der Waals surface area contributed by atoms with Crippen LogP contribution in [0.15, 0.2) is 30.3 Å². The second-order valence-corrected chi connectivity index (χ2v) is 3.95. The Balaban J connectivity index is 1.79. The fourth-order valence-corrected chi connectivity index (χ4v) is 1.81. The standard InChI is InChI=1S/C13H16O3/c14-13(11-6-8-15-9-7-11)10-16-12-4-2-1-3-5-12/h1-5,11H,6-10H2. The average molecular weight is 220 g/mol. The molecular weight excluding hydrogens is 204 g/mol. The van der Waals surface area contributed by atoms with E-state index < -0.39 is 0 Å². The van der Waals surface area contributed by atoms with Crippen LogP contribution in [-0.4, -0.2) is 25.6 Å². The first-order valence-electron chi connectivity index (χ1n) is 5.64. The van der Waals surface area contributed by atoms with Gasteiger partial charge in [-0.2, -0.15) is 0 Å². The van der Waals surface area contributed by atoms with Gasteiger partial charge < -0.3 is 9.47 Å². The van der Waals surface area contributed by atoms with Crippen molar-refractivity contribution in [3.05, 3.63) is 30.3 Å². The zero-order chi connectivity index (χ0) is 11.2. The van der Waals surface area contributed by atoms with Crippen molar-refractivity contribution in [3.8, 4) is 5.75 Å². The molecular formula is C13H16O3. The molecule has 16 heavy (non-hydrogen) atoms. The lowest BCUT2D eigenvalue weighted by Crippen LogP contribution is -2.27. The number of rotatable bonds is 4. The van der Waals surface area contributed by atoms with Gasteiger partial charge in [-0.1, -0.05) is 18.2 Å². The highest BCUT2D eigenvalue weighted by molar-refractivity contribution is 5.82. The summed E-state index contributed by atoms with van der Waals surface area (Å²) in [5.74, 6) is 1.06. The van der Waals surface area contributed by atoms with E-state index in [2.05, 4.69) is 0 Å². The Bertz CT molecular complexity index is 328. The second-order valence-electron chi connectivity index (χ2n) is 3.95. The Kier molecular flexibility index (Phi) is 3.94. The third kappa shape index (κ3) is 3.07. The lowest BCUT2D eigenvalue weighted by Gasteiger charge is -2.20. The third-order valence-corrected chi connectivity index (χ3v) is 2.80. The SMILES string of the molecule is O=C(COc1ccccc1)C1CCOCC1. The van der Waals surface area contributed by atoms with Crippen LogP contribution in [0, 0.1) is 5.92 Å². The molecule has 0 aromatic heterocycles. The summed E-state index contributed by atoms with van der Waals surface area (Å²) in [6.07, 6.45) is 1.66. The number of hydrogen-bond acceptors (Lipinski definition) is 3. The van der Waals surface area contributed by atoms with Crippen LogP contribution in [0.3, 0.4) is 0 Å². The van der Waals surface area contributed by atoms with E-state index in [1.54, 1.807) is 0 Å². The molecule has 3 heteroatoms. The first kappa shape index (κ1) is 11.1. The molecule has 2 rings (SSSR count). The molecule has 0 spiro atoms. The Morgan fingerprint density at radius 3 is 2.62 bits per heavy atom. The minimum atomic E-state index is 0.123. The molecule has 1 heterocycles. The maximum atomic E-state index is 11.8. The zero-order valence-electron chi connectivity index (χ0n) is 9.22. The molecule has 1 saturated heterocycles. The van der Waals surface area contributed by atoms with Crippen LogP contribution < -0.4 is 4.74 Å². The van der Waals surface area contributed by atoms with Crippen molar-refractivity contribution in [2.24, 2.45) is 5.92 Å². The summed E-state index contributed by atoms with van der Waals surface area (Å²) in [6, 6.07) is 9.43. The highest BCUT2D eigenvalue weighted by Crippen LogP contribution is 2.16. The average Bonchev–Trinajstić information content (AvgIpc) is 2.38. The predicted octanol–water partition coefficient (Wildman–Crippen LogP) is 2.06. The van der Waals surface area contributed by atoms with Crippen molar-refractivity contribution >= 4 is 5.78 Å². The lowest BCUT2D eigenvalue weighted by molar-refractivity contribution is -0.127. The van der Waals surface area contributed by atoms with E-state index in [4.69, 9.17) is 9.47 Å². The molecule has 0 N–H and O–H groups in total. The molecule has 1 aromatic rings. The molecule has 1 aliphatic rings. The molecule has 0 radical (unpaired) electrons. The van der Waals surface area contributed by atoms with Crippen LogP contribution in [0.2, 0.25) is 0 Å². The van der Waals surface area contributed by atoms with Crippen molar-refractivity contribution in [2.75, 3.05) is 19.8 Å². The Hall–Kier alpha value is -1.35. The minimum absolute atomic E-state index is 0.123. The summed E-state index contributed by atoms with van der Waals surface area (Å²) in [5, 5.41) is 0. The maximum Gasteiger partial charge on any atom is 0.173 e. The Labute approximate surface area is 95.4 Å². The normalized spacial score (nSPS) is 17.0. The van der Waals surface area contributed by atoms with Gasteiger partial charge in [-0.15, -0.1) is 0 Å². The third-order valence-electron chi connectivity index (χ3n) is 2.80. The van der Waals surface area contributed by atoms with Gasteiger partial charge >= 0.3 is 0 Å². The van der Waals surface area contributed by atoms with E-state index >= 15 is 0 Å². The number of benzene rings is 1. The van der Waals surface area contributed by atoms with Gasteiger partial charge in [0.25, 0.3) is 0 Å². The lowest BCUT2D eigenvalue weighted by atomic mass is 9.96. The van der Waals surface area contributed by atoms with Gasteiger partial charge in [-0.3, -0.25) is 4.79 Å². The van der Waals surface area contributed by atoms with E-state index in [-0.39, 0.29) is 18.3 Å². The van der Waals surface area contributed by atoms with E-state index in [0.717, 1.165) is 18.6 Å². The van der Waals surface area contributed by atoms with Crippen LogP contribution >= 0.6 is 0 Å². The van der Waals surface area contributed by atoms with Crippen LogP contribution in [0.1, 0.15) is 12.8 Å². The largest absolute Gasteiger partial charge is 0.486 e. The van der Waals surface area contributed by atoms with Gasteiger partial charge in [0, 0.05) is 19.1 Å². The summed E-state index contributed by atoms with van der Waals surface area (Å²) in [4.78, 5) is 11.8. The second kappa shape index (κ2) is 5.66. The highest BCUT2D eigenvalue weighted by Gasteiger charge is 2.21. The molecule has 1 fully saturated rings. The summed E-state index contributed by atoms with van der Waals surface area (Å²) in [7, 11) is 0. The first-order valence-corrected chi connectivity index (χ1v) is 5.64. The van der Waals surface area contributed by atoms with Crippen molar-refractivity contribution < 1.29 is 14.3 Å². The fraction of sp³-hybridized carbons (Fsp3) is 0.462. The monoisotopic (exact) mass is 220 g/mol. The molecule has 0 amide bonds. The Morgan fingerprint density at radius 2 is 1.94 bits per heavy atom. The van der Waals surface area contributed by atoms with Crippen molar-refractivity contribution in [1.82, 2.24) is 0 Å². The summed E-state index contributed by atoms with van der Waals surface area (Å²) in [6.45, 7) is 1.57. The molecule has 0 aliphatic carbocycles. The molecule has 0 bridgehead atoms. The van der Waals surface area contributed by atoms with E-state index in [9.17, 15) is 4.79 Å². The van der Waals surface area contributed by atoms with Crippen molar-refractivity contribution in [2.45, 2.75) is 12.8 Å². The number of ketones is 1. The maximum absolute atomic E-state index is 11.8. The van der Waals surface area contributed by atoms with Gasteiger partial charge in [0.2, 0.25) is 0 Å². The van der Waals surface area contributed by atoms with Gasteiger partial charge in [-0.05, 0) is 25.0 Å². The predicted molar refractivity (Wildman–Crippen MR) is 60.5 cm³/mol. The number of Topliss-reactive ketones (excluding diaryl/α,β-unsaturated/α-hetero) is 1. The molecule has 3 nitrogen and oxygen atoms in total. The zero-order valence-corrected chi connectivity index (χ0v) is 9.22. The minimum Gasteiger partial charge on any atom is -0.486 e. The van der Waals surface area contributed by atoms with E-state index in [1.807, 2.05) is 30.3 Å². The summed E-state index contributed by atoms with van der Waals surface area (Å²) >= 11 is 0. The molecule has 1 aliphatic heterocycles. The molecule has 0 atom stereocenters. The van der Waals surface area contributed by atoms with Crippen LogP contribution in [-0.2, 0) is 9.53 Å². The van der Waals surface area contributed by atoms with E-state index in [1.165, 1.54) is 0 Å². The first-order chi connectivity index (χ1) is 7.86. The van der Waals surface area contributed by atoms with Crippen LogP contribution in [0.5, 0.6) is 5.75 Å². The number of hydrogen-bond donors (Lipinski definition) is 0. The molecule has 0 unspecified atom stereocenters. The molecule has 86 valence electrons. The van der Waals surface area contributed by atoms with Crippen molar-refractivity contribution in [3.63, 3.8) is 0 Å². The van der Waals surface area contributed by atoms with Gasteiger partial charge in [0.1, 0.15) is 12.4 Å². The quantitative estimate of drug-likeness (QED) is 0.779. The fourth-order valence-electron chi connectivity index (χ4n) is 1.81. The van der Waals surface area contributed by atoms with Crippen molar-refractivity contribution in [1.29, 1.82) is 0 Å². The highest BCUT2D eigenvalue weighted by atomic mass is 16.5. The van der Waals surface area contributed by atoms with Gasteiger partial charge in [-0.25, -0.2) is 0 Å². The number of carbonyl (C=O) groups is 1. The summed E-state index contributed by atoms with van der Waals surface area (Å²) in [5.41, 5.74) is 0. The van der Waals surface area contributed by atoms with E-state index in [0.29, 0.717) is 13.2 Å². The topological polar surface area (TPSA) is 35.5 Å². The molecule has 0 saturated carbocycles. The van der Waals surface area contributed by atoms with Gasteiger partial charge in [0.15, 0.2) is 5.78 Å². The number of carbonyl (C=O) groups excluding carboxylic acids is 1. The molecule has 1 aromatic carbocycles. The van der Waals surface area contributed by atoms with Gasteiger partial charge in [0.05, 0.1) is 0 Å². The number of para-hydroxylation sites is 1. The smallest absolute Gasteiger partial charge is 0.173 e.